The summed E-state index contributed by atoms with van der Waals surface area (Å²) in [5.41, 5.74) is 2.78. The van der Waals surface area contributed by atoms with E-state index >= 15 is 0 Å². The molecule has 0 spiro atoms. The summed E-state index contributed by atoms with van der Waals surface area (Å²) in [6.45, 7) is 3.82. The van der Waals surface area contributed by atoms with Crippen LogP contribution in [0.25, 0.3) is 0 Å². The number of hydrogen-bond acceptors (Lipinski definition) is 5. The van der Waals surface area contributed by atoms with E-state index in [1.807, 2.05) is 13.8 Å². The second kappa shape index (κ2) is 3.91. The number of nitrogens with zero attached hydrogens (tertiary/aromatic N) is 3. The van der Waals surface area contributed by atoms with E-state index in [9.17, 15) is 4.79 Å². The highest BCUT2D eigenvalue weighted by molar-refractivity contribution is 8.01. The molecule has 1 saturated carbocycles. The average Bonchev–Trinajstić information content (AvgIpc) is 2.28. The lowest BCUT2D eigenvalue weighted by Gasteiger charge is -2.26. The van der Waals surface area contributed by atoms with Crippen molar-refractivity contribution in [3.63, 3.8) is 0 Å². The topological polar surface area (TPSA) is 55.2 Å². The lowest BCUT2D eigenvalue weighted by atomic mass is 9.96. The molecule has 1 aromatic rings. The number of thioether (sulfide) groups is 1. The zero-order chi connectivity index (χ0) is 12.0. The van der Waals surface area contributed by atoms with Crippen molar-refractivity contribution in [1.29, 1.82) is 0 Å². The summed E-state index contributed by atoms with van der Waals surface area (Å²) in [5.74, 6) is 1.04. The number of ketones is 1. The number of Topliss-reactive ketones (excluding diaryl/α,β-unsaturated/α-hetero) is 1. The Labute approximate surface area is 104 Å². The van der Waals surface area contributed by atoms with Crippen LogP contribution in [-0.4, -0.2) is 26.7 Å². The number of aryl methyl sites for hydroxylation is 2. The first-order chi connectivity index (χ1) is 8.15. The highest BCUT2D eigenvalue weighted by atomic mass is 32.2. The van der Waals surface area contributed by atoms with Crippen LogP contribution in [0.4, 0.5) is 5.69 Å². The molecule has 1 unspecified atom stereocenters. The van der Waals surface area contributed by atoms with Crippen LogP contribution in [0.15, 0.2) is 10.0 Å². The molecule has 5 heteroatoms. The van der Waals surface area contributed by atoms with Gasteiger partial charge in [0.05, 0.1) is 5.69 Å². The lowest BCUT2D eigenvalue weighted by molar-refractivity contribution is -0.118. The van der Waals surface area contributed by atoms with Gasteiger partial charge in [0, 0.05) is 12.1 Å². The predicted octanol–water partition coefficient (Wildman–Crippen LogP) is 2.39. The van der Waals surface area contributed by atoms with Gasteiger partial charge in [0.25, 0.3) is 0 Å². The Hall–Kier alpha value is -1.23. The van der Waals surface area contributed by atoms with Gasteiger partial charge < -0.3 is 0 Å². The van der Waals surface area contributed by atoms with Gasteiger partial charge in [-0.3, -0.25) is 9.79 Å². The first kappa shape index (κ1) is 10.9. The quantitative estimate of drug-likeness (QED) is 0.660. The molecule has 0 amide bonds. The fourth-order valence-electron chi connectivity index (χ4n) is 2.28. The molecule has 0 N–H and O–H groups in total. The highest BCUT2D eigenvalue weighted by Gasteiger charge is 2.34. The highest BCUT2D eigenvalue weighted by Crippen LogP contribution is 2.41. The van der Waals surface area contributed by atoms with Crippen LogP contribution in [0, 0.1) is 13.8 Å². The van der Waals surface area contributed by atoms with Crippen molar-refractivity contribution in [1.82, 2.24) is 9.97 Å². The third kappa shape index (κ3) is 1.78. The number of fused-ring (bicyclic) bond motifs is 2. The summed E-state index contributed by atoms with van der Waals surface area (Å²) in [7, 11) is 0. The normalized spacial score (nSPS) is 22.8. The molecular weight excluding hydrogens is 234 g/mol. The Bertz CT molecular complexity index is 539. The Kier molecular flexibility index (Phi) is 2.50. The molecule has 3 rings (SSSR count). The number of carbonyl (C=O) groups is 1. The fourth-order valence-corrected chi connectivity index (χ4v) is 3.55. The predicted molar refractivity (Wildman–Crippen MR) is 67.1 cm³/mol. The Morgan fingerprint density at radius 1 is 1.24 bits per heavy atom. The number of aromatic nitrogens is 2. The minimum atomic E-state index is -0.0926. The van der Waals surface area contributed by atoms with Gasteiger partial charge in [-0.1, -0.05) is 11.8 Å². The molecule has 1 aliphatic heterocycles. The van der Waals surface area contributed by atoms with Crippen LogP contribution in [0.2, 0.25) is 0 Å². The Balaban J connectivity index is 2.12. The van der Waals surface area contributed by atoms with Gasteiger partial charge in [0.2, 0.25) is 0 Å². The molecule has 1 atom stereocenters. The van der Waals surface area contributed by atoms with Crippen LogP contribution in [-0.2, 0) is 4.79 Å². The summed E-state index contributed by atoms with van der Waals surface area (Å²) in [5, 5.41) is 0.768. The molecule has 88 valence electrons. The first-order valence-corrected chi connectivity index (χ1v) is 6.65. The van der Waals surface area contributed by atoms with Gasteiger partial charge in [-0.25, -0.2) is 9.97 Å². The van der Waals surface area contributed by atoms with Gasteiger partial charge >= 0.3 is 0 Å². The molecule has 0 bridgehead atoms. The van der Waals surface area contributed by atoms with Gasteiger partial charge in [0.1, 0.15) is 21.8 Å². The summed E-state index contributed by atoms with van der Waals surface area (Å²) < 4.78 is 0. The maximum Gasteiger partial charge on any atom is 0.151 e. The van der Waals surface area contributed by atoms with Crippen LogP contribution >= 0.6 is 11.8 Å². The van der Waals surface area contributed by atoms with E-state index in [4.69, 9.17) is 0 Å². The SMILES string of the molecule is Cc1nc(C)c2c(n1)SC1C(=O)CCCC1=N2. The molecule has 17 heavy (non-hydrogen) atoms. The van der Waals surface area contributed by atoms with E-state index in [-0.39, 0.29) is 5.25 Å². The van der Waals surface area contributed by atoms with E-state index in [1.165, 1.54) is 0 Å². The zero-order valence-corrected chi connectivity index (χ0v) is 10.7. The van der Waals surface area contributed by atoms with Crippen molar-refractivity contribution in [2.45, 2.75) is 43.4 Å². The largest absolute Gasteiger partial charge is 0.298 e. The van der Waals surface area contributed by atoms with Crippen LogP contribution < -0.4 is 0 Å². The van der Waals surface area contributed by atoms with Crippen molar-refractivity contribution < 1.29 is 4.79 Å². The number of aliphatic imine (C=N–C) groups is 1. The van der Waals surface area contributed by atoms with E-state index < -0.39 is 0 Å². The van der Waals surface area contributed by atoms with E-state index in [0.717, 1.165) is 40.8 Å². The smallest absolute Gasteiger partial charge is 0.151 e. The van der Waals surface area contributed by atoms with Crippen molar-refractivity contribution in [3.05, 3.63) is 11.5 Å². The second-order valence-corrected chi connectivity index (χ2v) is 5.52. The molecule has 0 saturated heterocycles. The van der Waals surface area contributed by atoms with Crippen molar-refractivity contribution in [2.75, 3.05) is 0 Å². The molecule has 1 fully saturated rings. The number of carbonyl (C=O) groups excluding carboxylic acids is 1. The van der Waals surface area contributed by atoms with Gasteiger partial charge in [-0.15, -0.1) is 0 Å². The molecule has 2 heterocycles. The number of rotatable bonds is 0. The van der Waals surface area contributed by atoms with E-state index in [2.05, 4.69) is 15.0 Å². The molecule has 1 aromatic heterocycles. The molecular formula is C12H13N3OS. The van der Waals surface area contributed by atoms with Crippen molar-refractivity contribution in [3.8, 4) is 0 Å². The second-order valence-electron chi connectivity index (χ2n) is 4.43. The fraction of sp³-hybridized carbons (Fsp3) is 0.500. The maximum absolute atomic E-state index is 11.9. The monoisotopic (exact) mass is 247 g/mol. The van der Waals surface area contributed by atoms with Gasteiger partial charge in [-0.05, 0) is 26.7 Å². The zero-order valence-electron chi connectivity index (χ0n) is 9.86. The van der Waals surface area contributed by atoms with Crippen molar-refractivity contribution in [2.24, 2.45) is 4.99 Å². The molecule has 1 aliphatic carbocycles. The Morgan fingerprint density at radius 2 is 2.06 bits per heavy atom. The molecule has 0 radical (unpaired) electrons. The summed E-state index contributed by atoms with van der Waals surface area (Å²) in [4.78, 5) is 25.2. The Morgan fingerprint density at radius 3 is 2.88 bits per heavy atom. The third-order valence-corrected chi connectivity index (χ3v) is 4.35. The molecule has 4 nitrogen and oxygen atoms in total. The first-order valence-electron chi connectivity index (χ1n) is 5.77. The van der Waals surface area contributed by atoms with Crippen molar-refractivity contribution >= 4 is 28.9 Å². The lowest BCUT2D eigenvalue weighted by Crippen LogP contribution is -2.33. The minimum absolute atomic E-state index is 0.0926. The van der Waals surface area contributed by atoms with Gasteiger partial charge in [0.15, 0.2) is 5.78 Å². The third-order valence-electron chi connectivity index (χ3n) is 3.07. The minimum Gasteiger partial charge on any atom is -0.298 e. The molecule has 2 aliphatic rings. The average molecular weight is 247 g/mol. The van der Waals surface area contributed by atoms with Gasteiger partial charge in [-0.2, -0.15) is 0 Å². The standard InChI is InChI=1S/C12H13N3OS/c1-6-10-12(14-7(2)13-6)17-11-8(15-10)4-3-5-9(11)16/h11H,3-5H2,1-2H3. The van der Waals surface area contributed by atoms with Crippen LogP contribution in [0.3, 0.4) is 0 Å². The summed E-state index contributed by atoms with van der Waals surface area (Å²) in [6, 6.07) is 0. The van der Waals surface area contributed by atoms with Crippen LogP contribution in [0.5, 0.6) is 0 Å². The molecule has 0 aromatic carbocycles. The van der Waals surface area contributed by atoms with Crippen LogP contribution in [0.1, 0.15) is 30.8 Å². The van der Waals surface area contributed by atoms with E-state index in [1.54, 1.807) is 11.8 Å². The van der Waals surface area contributed by atoms with E-state index in [0.29, 0.717) is 12.2 Å². The summed E-state index contributed by atoms with van der Waals surface area (Å²) >= 11 is 1.55. The summed E-state index contributed by atoms with van der Waals surface area (Å²) in [6.07, 6.45) is 2.53. The maximum atomic E-state index is 11.9. The number of hydrogen-bond donors (Lipinski definition) is 0.